The monoisotopic (exact) mass is 435 g/mol. The molecule has 0 fully saturated rings. The molecule has 0 unspecified atom stereocenters. The van der Waals surface area contributed by atoms with Gasteiger partial charge in [0.25, 0.3) is 5.56 Å². The van der Waals surface area contributed by atoms with Crippen LogP contribution in [0.1, 0.15) is 18.1 Å². The molecule has 1 aromatic heterocycles. The Hall–Kier alpha value is -3.33. The van der Waals surface area contributed by atoms with Crippen LogP contribution in [-0.2, 0) is 13.0 Å². The van der Waals surface area contributed by atoms with Crippen molar-refractivity contribution in [1.82, 2.24) is 9.55 Å². The number of rotatable bonds is 9. The first-order valence-corrected chi connectivity index (χ1v) is 9.40. The summed E-state index contributed by atoms with van der Waals surface area (Å²) in [4.78, 5) is 16.4. The third-order valence-electron chi connectivity index (χ3n) is 4.29. The highest BCUT2D eigenvalue weighted by molar-refractivity contribution is 5.60. The van der Waals surface area contributed by atoms with Crippen molar-refractivity contribution >= 4 is 11.6 Å². The number of hydrogen-bond donors (Lipinski definition) is 2. The summed E-state index contributed by atoms with van der Waals surface area (Å²) in [5, 5.41) is 12.2. The number of methoxy groups -OCH3 is 1. The minimum atomic E-state index is -1.18. The van der Waals surface area contributed by atoms with Crippen LogP contribution in [0.3, 0.4) is 0 Å². The molecule has 0 amide bonds. The minimum Gasteiger partial charge on any atom is -0.497 e. The summed E-state index contributed by atoms with van der Waals surface area (Å²) >= 11 is 0. The van der Waals surface area contributed by atoms with Crippen LogP contribution < -0.4 is 15.6 Å². The number of nitrogens with one attached hydrogen (secondary N) is 1. The quantitative estimate of drug-likeness (QED) is 0.571. The normalized spacial score (nSPS) is 12.8. The molecule has 31 heavy (non-hydrogen) atoms. The van der Waals surface area contributed by atoms with E-state index in [2.05, 4.69) is 10.3 Å². The molecular weight excluding hydrogens is 411 g/mol. The van der Waals surface area contributed by atoms with Crippen LogP contribution in [-0.4, -0.2) is 28.4 Å². The van der Waals surface area contributed by atoms with Gasteiger partial charge in [0, 0.05) is 30.5 Å². The maximum absolute atomic E-state index is 13.5. The van der Waals surface area contributed by atoms with Crippen molar-refractivity contribution in [2.24, 2.45) is 0 Å². The van der Waals surface area contributed by atoms with Crippen molar-refractivity contribution in [1.29, 1.82) is 0 Å². The lowest BCUT2D eigenvalue weighted by Crippen LogP contribution is -2.22. The molecule has 2 N–H and O–H groups in total. The molecule has 0 bridgehead atoms. The lowest BCUT2D eigenvalue weighted by atomic mass is 10.2. The van der Waals surface area contributed by atoms with E-state index in [1.54, 1.807) is 25.3 Å². The van der Waals surface area contributed by atoms with Crippen LogP contribution in [0.15, 0.2) is 64.9 Å². The maximum atomic E-state index is 13.5. The standard InChI is InChI=1S/C22H24F3N3O3/c1-14-8-19(31-3)4-5-20(14)26-22-27-21(30)17(6-7-29)13-28(22)12-16(9-15(2)24)10-18(25)11-23/h4-5,8-11,13,29H,6-7,12H2,1-3H3,(H,26,27,30)/b15-9+,16-10+,18-11-. The van der Waals surface area contributed by atoms with Gasteiger partial charge < -0.3 is 19.7 Å². The number of nitrogens with zero attached hydrogens (tertiary/aromatic N) is 2. The number of ether oxygens (including phenoxy) is 1. The van der Waals surface area contributed by atoms with Crippen LogP contribution in [0, 0.1) is 6.92 Å². The smallest absolute Gasteiger partial charge is 0.277 e. The summed E-state index contributed by atoms with van der Waals surface area (Å²) in [6.07, 6.45) is 3.16. The van der Waals surface area contributed by atoms with E-state index in [4.69, 9.17) is 4.74 Å². The fourth-order valence-corrected chi connectivity index (χ4v) is 2.87. The molecule has 0 spiro atoms. The zero-order valence-corrected chi connectivity index (χ0v) is 17.5. The Morgan fingerprint density at radius 3 is 2.65 bits per heavy atom. The largest absolute Gasteiger partial charge is 0.497 e. The van der Waals surface area contributed by atoms with Crippen LogP contribution in [0.5, 0.6) is 5.75 Å². The summed E-state index contributed by atoms with van der Waals surface area (Å²) in [5.41, 5.74) is 1.22. The molecule has 2 aromatic rings. The molecule has 0 atom stereocenters. The van der Waals surface area contributed by atoms with Gasteiger partial charge in [-0.3, -0.25) is 4.79 Å². The Labute approximate surface area is 178 Å². The zero-order valence-electron chi connectivity index (χ0n) is 17.5. The second-order valence-electron chi connectivity index (χ2n) is 6.75. The Bertz CT molecular complexity index is 1070. The van der Waals surface area contributed by atoms with Gasteiger partial charge in [0.05, 0.1) is 19.5 Å². The highest BCUT2D eigenvalue weighted by Crippen LogP contribution is 2.24. The van der Waals surface area contributed by atoms with E-state index in [1.165, 1.54) is 17.7 Å². The Morgan fingerprint density at radius 1 is 1.32 bits per heavy atom. The Morgan fingerprint density at radius 2 is 2.06 bits per heavy atom. The Balaban J connectivity index is 2.55. The molecule has 2 rings (SSSR count). The summed E-state index contributed by atoms with van der Waals surface area (Å²) in [7, 11) is 1.54. The van der Waals surface area contributed by atoms with E-state index < -0.39 is 17.2 Å². The molecule has 0 saturated carbocycles. The molecule has 0 aliphatic carbocycles. The topological polar surface area (TPSA) is 76.4 Å². The van der Waals surface area contributed by atoms with E-state index in [1.807, 2.05) is 6.92 Å². The molecule has 6 nitrogen and oxygen atoms in total. The second-order valence-corrected chi connectivity index (χ2v) is 6.75. The van der Waals surface area contributed by atoms with Gasteiger partial charge in [0.15, 0.2) is 5.83 Å². The first kappa shape index (κ1) is 23.9. The van der Waals surface area contributed by atoms with Gasteiger partial charge in [-0.1, -0.05) is 0 Å². The maximum Gasteiger partial charge on any atom is 0.277 e. The number of benzene rings is 1. The summed E-state index contributed by atoms with van der Waals surface area (Å²) < 4.78 is 46.1. The minimum absolute atomic E-state index is 0.0590. The highest BCUT2D eigenvalue weighted by atomic mass is 19.2. The van der Waals surface area contributed by atoms with Crippen molar-refractivity contribution in [3.8, 4) is 5.75 Å². The number of allylic oxidation sites excluding steroid dienone is 5. The van der Waals surface area contributed by atoms with Crippen molar-refractivity contribution in [3.05, 3.63) is 81.6 Å². The molecule has 0 aliphatic rings. The van der Waals surface area contributed by atoms with Crippen molar-refractivity contribution in [2.45, 2.75) is 26.8 Å². The van der Waals surface area contributed by atoms with Crippen LogP contribution in [0.2, 0.25) is 0 Å². The van der Waals surface area contributed by atoms with Crippen molar-refractivity contribution < 1.29 is 23.0 Å². The first-order chi connectivity index (χ1) is 14.8. The van der Waals surface area contributed by atoms with Crippen LogP contribution in [0.4, 0.5) is 24.8 Å². The molecule has 1 aromatic carbocycles. The van der Waals surface area contributed by atoms with Crippen LogP contribution >= 0.6 is 0 Å². The average molecular weight is 435 g/mol. The SMILES string of the molecule is COc1ccc(Nc2nc(=O)c(CCO)cn2CC(/C=C(\C)F)=C/C(F)=C/F)c(C)c1. The fourth-order valence-electron chi connectivity index (χ4n) is 2.87. The van der Waals surface area contributed by atoms with Crippen LogP contribution in [0.25, 0.3) is 0 Å². The molecular formula is C22H24F3N3O3. The fraction of sp³-hybridized carbons (Fsp3) is 0.273. The molecule has 1 heterocycles. The van der Waals surface area contributed by atoms with Gasteiger partial charge in [0.2, 0.25) is 5.95 Å². The van der Waals surface area contributed by atoms with Gasteiger partial charge in [-0.25, -0.2) is 13.2 Å². The highest BCUT2D eigenvalue weighted by Gasteiger charge is 2.12. The zero-order chi connectivity index (χ0) is 23.0. The summed E-state index contributed by atoms with van der Waals surface area (Å²) in [6, 6.07) is 5.24. The Kier molecular flexibility index (Phi) is 8.63. The van der Waals surface area contributed by atoms with Gasteiger partial charge in [-0.2, -0.15) is 4.98 Å². The number of aryl methyl sites for hydroxylation is 1. The first-order valence-electron chi connectivity index (χ1n) is 9.40. The van der Waals surface area contributed by atoms with Gasteiger partial charge in [-0.05, 0) is 55.3 Å². The number of aliphatic hydroxyl groups excluding tert-OH is 1. The van der Waals surface area contributed by atoms with Crippen molar-refractivity contribution in [3.63, 3.8) is 0 Å². The van der Waals surface area contributed by atoms with E-state index in [0.717, 1.165) is 17.7 Å². The average Bonchev–Trinajstić information content (AvgIpc) is 2.72. The lowest BCUT2D eigenvalue weighted by molar-refractivity contribution is 0.298. The van der Waals surface area contributed by atoms with Crippen molar-refractivity contribution in [2.75, 3.05) is 19.0 Å². The molecule has 9 heteroatoms. The lowest BCUT2D eigenvalue weighted by Gasteiger charge is -2.17. The van der Waals surface area contributed by atoms with Gasteiger partial charge >= 0.3 is 0 Å². The number of aliphatic hydroxyl groups is 1. The summed E-state index contributed by atoms with van der Waals surface area (Å²) in [6.45, 7) is 2.61. The third-order valence-corrected chi connectivity index (χ3v) is 4.29. The molecule has 0 aliphatic heterocycles. The predicted molar refractivity (Wildman–Crippen MR) is 114 cm³/mol. The van der Waals surface area contributed by atoms with E-state index in [0.29, 0.717) is 11.4 Å². The number of aromatic nitrogens is 2. The van der Waals surface area contributed by atoms with Gasteiger partial charge in [-0.15, -0.1) is 0 Å². The molecule has 166 valence electrons. The summed E-state index contributed by atoms with van der Waals surface area (Å²) in [5.74, 6) is -1.03. The third kappa shape index (κ3) is 6.85. The number of anilines is 2. The molecule has 0 radical (unpaired) electrons. The van der Waals surface area contributed by atoms with E-state index in [-0.39, 0.29) is 43.0 Å². The predicted octanol–water partition coefficient (Wildman–Crippen LogP) is 4.42. The van der Waals surface area contributed by atoms with E-state index in [9.17, 15) is 23.1 Å². The van der Waals surface area contributed by atoms with E-state index >= 15 is 0 Å². The number of halogens is 3. The van der Waals surface area contributed by atoms with Gasteiger partial charge in [0.1, 0.15) is 12.1 Å². The molecule has 0 saturated heterocycles. The second kappa shape index (κ2) is 11.2. The number of hydrogen-bond acceptors (Lipinski definition) is 5.